The van der Waals surface area contributed by atoms with Gasteiger partial charge in [-0.1, -0.05) is 44.2 Å². The zero-order chi connectivity index (χ0) is 22.0. The van der Waals surface area contributed by atoms with Crippen molar-refractivity contribution in [1.82, 2.24) is 10.6 Å². The molecule has 2 aliphatic heterocycles. The number of nitrogens with one attached hydrogen (secondary N) is 2. The van der Waals surface area contributed by atoms with Crippen LogP contribution in [-0.2, 0) is 17.8 Å². The zero-order valence-corrected chi connectivity index (χ0v) is 20.4. The molecule has 3 unspecified atom stereocenters. The van der Waals surface area contributed by atoms with Crippen molar-refractivity contribution in [3.63, 3.8) is 0 Å². The lowest BCUT2D eigenvalue weighted by molar-refractivity contribution is -0.118. The fourth-order valence-electron chi connectivity index (χ4n) is 4.97. The van der Waals surface area contributed by atoms with Crippen LogP contribution in [0, 0.1) is 5.92 Å². The van der Waals surface area contributed by atoms with Crippen LogP contribution in [0.3, 0.4) is 0 Å². The lowest BCUT2D eigenvalue weighted by atomic mass is 9.85. The van der Waals surface area contributed by atoms with E-state index in [1.807, 2.05) is 7.05 Å². The summed E-state index contributed by atoms with van der Waals surface area (Å²) in [6.07, 6.45) is 3.63. The molecular formula is C26H36ClN3O2. The van der Waals surface area contributed by atoms with Gasteiger partial charge in [-0.3, -0.25) is 4.79 Å². The third-order valence-electron chi connectivity index (χ3n) is 6.93. The third kappa shape index (κ3) is 5.11. The molecule has 0 saturated carbocycles. The molecule has 0 aromatic heterocycles. The highest BCUT2D eigenvalue weighted by Gasteiger charge is 2.32. The predicted molar refractivity (Wildman–Crippen MR) is 133 cm³/mol. The van der Waals surface area contributed by atoms with Crippen LogP contribution in [0.2, 0.25) is 0 Å². The van der Waals surface area contributed by atoms with Gasteiger partial charge in [-0.25, -0.2) is 0 Å². The number of ether oxygens (including phenoxy) is 1. The van der Waals surface area contributed by atoms with E-state index < -0.39 is 0 Å². The highest BCUT2D eigenvalue weighted by atomic mass is 35.5. The van der Waals surface area contributed by atoms with Crippen molar-refractivity contribution in [2.24, 2.45) is 5.92 Å². The highest BCUT2D eigenvalue weighted by Crippen LogP contribution is 2.34. The molecule has 0 bridgehead atoms. The van der Waals surface area contributed by atoms with Gasteiger partial charge in [0.1, 0.15) is 5.75 Å². The van der Waals surface area contributed by atoms with Crippen molar-refractivity contribution in [2.45, 2.75) is 64.2 Å². The Hall–Kier alpha value is -2.08. The Morgan fingerprint density at radius 2 is 1.91 bits per heavy atom. The van der Waals surface area contributed by atoms with E-state index in [1.165, 1.54) is 11.1 Å². The molecule has 2 N–H and O–H groups in total. The summed E-state index contributed by atoms with van der Waals surface area (Å²) in [5.74, 6) is 1.69. The van der Waals surface area contributed by atoms with E-state index in [0.29, 0.717) is 31.0 Å². The summed E-state index contributed by atoms with van der Waals surface area (Å²) in [5, 5.41) is 7.71. The zero-order valence-electron chi connectivity index (χ0n) is 19.6. The summed E-state index contributed by atoms with van der Waals surface area (Å²) < 4.78 is 5.71. The molecular weight excluding hydrogens is 422 g/mol. The smallest absolute Gasteiger partial charge is 0.227 e. The molecule has 0 radical (unpaired) electrons. The molecule has 5 nitrogen and oxygen atoms in total. The molecule has 3 atom stereocenters. The monoisotopic (exact) mass is 457 g/mol. The van der Waals surface area contributed by atoms with E-state index in [1.54, 1.807) is 12.0 Å². The summed E-state index contributed by atoms with van der Waals surface area (Å²) in [5.41, 5.74) is 4.62. The number of carbonyl (C=O) groups excluding carboxylic acids is 1. The maximum absolute atomic E-state index is 12.2. The van der Waals surface area contributed by atoms with Gasteiger partial charge in [0.2, 0.25) is 5.91 Å². The number of rotatable bonds is 6. The number of piperidine rings is 1. The number of benzene rings is 2. The van der Waals surface area contributed by atoms with E-state index in [0.717, 1.165) is 36.3 Å². The van der Waals surface area contributed by atoms with E-state index in [4.69, 9.17) is 4.74 Å². The fraction of sp³-hybridized carbons (Fsp3) is 0.500. The second kappa shape index (κ2) is 10.7. The SMILES string of the molecule is COc1cc2c(cc1CNC1CCC(C(C)C)NC1c1ccccc1)N(C)C(=O)CC2.Cl. The quantitative estimate of drug-likeness (QED) is 0.663. The molecule has 1 amide bonds. The van der Waals surface area contributed by atoms with Gasteiger partial charge in [-0.05, 0) is 48.4 Å². The van der Waals surface area contributed by atoms with Gasteiger partial charge in [-0.15, -0.1) is 12.4 Å². The number of fused-ring (bicyclic) bond motifs is 1. The van der Waals surface area contributed by atoms with Crippen LogP contribution in [-0.4, -0.2) is 32.1 Å². The van der Waals surface area contributed by atoms with Gasteiger partial charge in [0, 0.05) is 49.4 Å². The van der Waals surface area contributed by atoms with Crippen LogP contribution in [0.1, 0.15) is 55.8 Å². The van der Waals surface area contributed by atoms with E-state index in [2.05, 4.69) is 66.9 Å². The van der Waals surface area contributed by atoms with E-state index in [9.17, 15) is 4.79 Å². The molecule has 1 fully saturated rings. The largest absolute Gasteiger partial charge is 0.496 e. The van der Waals surface area contributed by atoms with Crippen molar-refractivity contribution < 1.29 is 9.53 Å². The first-order valence-electron chi connectivity index (χ1n) is 11.5. The number of carbonyl (C=O) groups is 1. The second-order valence-corrected chi connectivity index (χ2v) is 9.22. The number of aryl methyl sites for hydroxylation is 1. The van der Waals surface area contributed by atoms with Crippen LogP contribution < -0.4 is 20.3 Å². The molecule has 2 aromatic rings. The summed E-state index contributed by atoms with van der Waals surface area (Å²) in [7, 11) is 3.59. The molecule has 0 aliphatic carbocycles. The Kier molecular flexibility index (Phi) is 8.21. The topological polar surface area (TPSA) is 53.6 Å². The summed E-state index contributed by atoms with van der Waals surface area (Å²) in [6, 6.07) is 16.1. The standard InChI is InChI=1S/C26H35N3O2.ClH/c1-17(2)21-11-12-22(26(28-21)18-8-6-5-7-9-18)27-16-20-14-23-19(15-24(20)31-4)10-13-25(30)29(23)3;/h5-9,14-15,17,21-22,26-28H,10-13,16H2,1-4H3;1H. The van der Waals surface area contributed by atoms with Crippen LogP contribution in [0.15, 0.2) is 42.5 Å². The molecule has 0 spiro atoms. The predicted octanol–water partition coefficient (Wildman–Crippen LogP) is 4.63. The van der Waals surface area contributed by atoms with Gasteiger partial charge in [0.05, 0.1) is 7.11 Å². The third-order valence-corrected chi connectivity index (χ3v) is 6.93. The second-order valence-electron chi connectivity index (χ2n) is 9.22. The fourth-order valence-corrected chi connectivity index (χ4v) is 4.97. The average Bonchev–Trinajstić information content (AvgIpc) is 2.80. The Balaban J connectivity index is 0.00000289. The van der Waals surface area contributed by atoms with Crippen molar-refractivity contribution in [3.05, 3.63) is 59.2 Å². The minimum Gasteiger partial charge on any atom is -0.496 e. The molecule has 2 aromatic carbocycles. The van der Waals surface area contributed by atoms with Gasteiger partial charge >= 0.3 is 0 Å². The first kappa shape index (κ1) is 24.6. The summed E-state index contributed by atoms with van der Waals surface area (Å²) >= 11 is 0. The van der Waals surface area contributed by atoms with Crippen molar-refractivity contribution in [3.8, 4) is 5.75 Å². The number of halogens is 1. The lowest BCUT2D eigenvalue weighted by Gasteiger charge is -2.40. The summed E-state index contributed by atoms with van der Waals surface area (Å²) in [6.45, 7) is 5.30. The number of nitrogens with zero attached hydrogens (tertiary/aromatic N) is 1. The summed E-state index contributed by atoms with van der Waals surface area (Å²) in [4.78, 5) is 14.0. The van der Waals surface area contributed by atoms with E-state index >= 15 is 0 Å². The molecule has 2 aliphatic rings. The first-order chi connectivity index (χ1) is 15.0. The average molecular weight is 458 g/mol. The minimum atomic E-state index is 0. The number of hydrogen-bond donors (Lipinski definition) is 2. The maximum Gasteiger partial charge on any atom is 0.227 e. The van der Waals surface area contributed by atoms with Gasteiger partial charge in [0.15, 0.2) is 0 Å². The normalized spacial score (nSPS) is 23.0. The highest BCUT2D eigenvalue weighted by molar-refractivity contribution is 5.96. The Morgan fingerprint density at radius 1 is 1.16 bits per heavy atom. The van der Waals surface area contributed by atoms with Gasteiger partial charge in [-0.2, -0.15) is 0 Å². The molecule has 4 rings (SSSR count). The maximum atomic E-state index is 12.2. The Morgan fingerprint density at radius 3 is 2.59 bits per heavy atom. The first-order valence-corrected chi connectivity index (χ1v) is 11.5. The van der Waals surface area contributed by atoms with Crippen LogP contribution in [0.25, 0.3) is 0 Å². The lowest BCUT2D eigenvalue weighted by Crippen LogP contribution is -2.51. The molecule has 1 saturated heterocycles. The van der Waals surface area contributed by atoms with Crippen LogP contribution >= 0.6 is 12.4 Å². The number of hydrogen-bond acceptors (Lipinski definition) is 4. The number of anilines is 1. The molecule has 2 heterocycles. The molecule has 32 heavy (non-hydrogen) atoms. The minimum absolute atomic E-state index is 0. The van der Waals surface area contributed by atoms with Gasteiger partial charge < -0.3 is 20.3 Å². The van der Waals surface area contributed by atoms with Crippen LogP contribution in [0.5, 0.6) is 5.75 Å². The van der Waals surface area contributed by atoms with Crippen molar-refractivity contribution in [1.29, 1.82) is 0 Å². The van der Waals surface area contributed by atoms with Crippen molar-refractivity contribution >= 4 is 24.0 Å². The van der Waals surface area contributed by atoms with Gasteiger partial charge in [0.25, 0.3) is 0 Å². The molecule has 6 heteroatoms. The van der Waals surface area contributed by atoms with Crippen molar-refractivity contribution in [2.75, 3.05) is 19.1 Å². The molecule has 174 valence electrons. The van der Waals surface area contributed by atoms with Crippen LogP contribution in [0.4, 0.5) is 5.69 Å². The Bertz CT molecular complexity index is 919. The Labute approximate surface area is 198 Å². The number of amides is 1. The van der Waals surface area contributed by atoms with E-state index in [-0.39, 0.29) is 24.4 Å². The number of methoxy groups -OCH3 is 1.